The lowest BCUT2D eigenvalue weighted by atomic mass is 10.3. The van der Waals surface area contributed by atoms with Crippen molar-refractivity contribution < 1.29 is 13.2 Å². The van der Waals surface area contributed by atoms with E-state index in [-0.39, 0.29) is 16.1 Å². The van der Waals surface area contributed by atoms with Crippen molar-refractivity contribution >= 4 is 33.4 Å². The molecule has 8 heteroatoms. The smallest absolute Gasteiger partial charge is 0.243 e. The monoisotopic (exact) mass is 391 g/mol. The summed E-state index contributed by atoms with van der Waals surface area (Å²) in [5.74, 6) is -0.157. The summed E-state index contributed by atoms with van der Waals surface area (Å²) >= 11 is 1.37. The van der Waals surface area contributed by atoms with Crippen LogP contribution in [0, 0.1) is 0 Å². The van der Waals surface area contributed by atoms with E-state index >= 15 is 0 Å². The molecular formula is C18H21N3O3S2. The maximum absolute atomic E-state index is 12.5. The summed E-state index contributed by atoms with van der Waals surface area (Å²) in [5.41, 5.74) is 0.573. The average Bonchev–Trinajstić information content (AvgIpc) is 3.18. The molecule has 1 N–H and O–H groups in total. The molecule has 26 heavy (non-hydrogen) atoms. The molecular weight excluding hydrogens is 370 g/mol. The van der Waals surface area contributed by atoms with E-state index in [1.54, 1.807) is 37.4 Å². The zero-order valence-electron chi connectivity index (χ0n) is 14.5. The molecule has 1 atom stereocenters. The molecule has 0 aliphatic carbocycles. The fraction of sp³-hybridized carbons (Fsp3) is 0.333. The van der Waals surface area contributed by atoms with Crippen LogP contribution in [0.5, 0.6) is 0 Å². The standard InChI is InChI=1S/C18H21N3O3S2/c1-14(25-17-6-2-3-11-19-17)18(22)20-15-7-9-16(10-8-15)26(23,24)21-12-4-5-13-21/h2-3,6-11,14H,4-5,12-13H2,1H3,(H,20,22). The van der Waals surface area contributed by atoms with Crippen LogP contribution in [-0.2, 0) is 14.8 Å². The van der Waals surface area contributed by atoms with Crippen LogP contribution in [0.15, 0.2) is 58.6 Å². The van der Waals surface area contributed by atoms with Gasteiger partial charge in [0, 0.05) is 25.0 Å². The first-order valence-electron chi connectivity index (χ1n) is 8.45. The molecule has 1 aliphatic rings. The molecule has 3 rings (SSSR count). The van der Waals surface area contributed by atoms with Crippen LogP contribution in [-0.4, -0.2) is 42.0 Å². The minimum atomic E-state index is -3.43. The van der Waals surface area contributed by atoms with Crippen molar-refractivity contribution in [1.82, 2.24) is 9.29 Å². The number of aromatic nitrogens is 1. The Morgan fingerprint density at radius 1 is 1.15 bits per heavy atom. The van der Waals surface area contributed by atoms with Gasteiger partial charge in [0.15, 0.2) is 0 Å². The van der Waals surface area contributed by atoms with Crippen LogP contribution in [0.4, 0.5) is 5.69 Å². The molecule has 2 aromatic rings. The van der Waals surface area contributed by atoms with Gasteiger partial charge in [-0.15, -0.1) is 0 Å². The van der Waals surface area contributed by atoms with E-state index in [0.29, 0.717) is 18.8 Å². The van der Waals surface area contributed by atoms with Crippen LogP contribution in [0.2, 0.25) is 0 Å². The van der Waals surface area contributed by atoms with Gasteiger partial charge < -0.3 is 5.32 Å². The third-order valence-electron chi connectivity index (χ3n) is 4.13. The van der Waals surface area contributed by atoms with Crippen LogP contribution >= 0.6 is 11.8 Å². The van der Waals surface area contributed by atoms with Crippen molar-refractivity contribution in [2.45, 2.75) is 34.9 Å². The van der Waals surface area contributed by atoms with E-state index in [2.05, 4.69) is 10.3 Å². The highest BCUT2D eigenvalue weighted by Gasteiger charge is 2.27. The molecule has 6 nitrogen and oxygen atoms in total. The minimum Gasteiger partial charge on any atom is -0.325 e. The number of carbonyl (C=O) groups excluding carboxylic acids is 1. The number of anilines is 1. The Kier molecular flexibility index (Phi) is 5.95. The van der Waals surface area contributed by atoms with E-state index in [9.17, 15) is 13.2 Å². The summed E-state index contributed by atoms with van der Waals surface area (Å²) in [6.07, 6.45) is 3.49. The Morgan fingerprint density at radius 3 is 2.46 bits per heavy atom. The second-order valence-electron chi connectivity index (χ2n) is 6.05. The van der Waals surface area contributed by atoms with E-state index in [0.717, 1.165) is 17.9 Å². The van der Waals surface area contributed by atoms with Gasteiger partial charge in [0.25, 0.3) is 0 Å². The first-order chi connectivity index (χ1) is 12.5. The van der Waals surface area contributed by atoms with E-state index in [1.807, 2.05) is 18.2 Å². The maximum atomic E-state index is 12.5. The Morgan fingerprint density at radius 2 is 1.85 bits per heavy atom. The van der Waals surface area contributed by atoms with Crippen molar-refractivity contribution in [3.63, 3.8) is 0 Å². The molecule has 1 unspecified atom stereocenters. The van der Waals surface area contributed by atoms with Gasteiger partial charge in [-0.25, -0.2) is 13.4 Å². The van der Waals surface area contributed by atoms with Crippen molar-refractivity contribution in [2.75, 3.05) is 18.4 Å². The van der Waals surface area contributed by atoms with E-state index < -0.39 is 10.0 Å². The minimum absolute atomic E-state index is 0.157. The van der Waals surface area contributed by atoms with E-state index in [4.69, 9.17) is 0 Å². The van der Waals surface area contributed by atoms with Gasteiger partial charge in [0.1, 0.15) is 0 Å². The first-order valence-corrected chi connectivity index (χ1v) is 10.8. The fourth-order valence-electron chi connectivity index (χ4n) is 2.68. The summed E-state index contributed by atoms with van der Waals surface area (Å²) in [6.45, 7) is 2.95. The van der Waals surface area contributed by atoms with Gasteiger partial charge in [-0.3, -0.25) is 4.79 Å². The second-order valence-corrected chi connectivity index (χ2v) is 9.35. The molecule has 1 aromatic heterocycles. The average molecular weight is 392 g/mol. The molecule has 1 saturated heterocycles. The van der Waals surface area contributed by atoms with Crippen molar-refractivity contribution in [3.05, 3.63) is 48.7 Å². The Balaban J connectivity index is 1.62. The molecule has 1 aromatic carbocycles. The SMILES string of the molecule is CC(Sc1ccccn1)C(=O)Nc1ccc(S(=O)(=O)N2CCCC2)cc1. The predicted molar refractivity (Wildman–Crippen MR) is 103 cm³/mol. The van der Waals surface area contributed by atoms with Gasteiger partial charge in [0.05, 0.1) is 15.2 Å². The fourth-order valence-corrected chi connectivity index (χ4v) is 5.01. The van der Waals surface area contributed by atoms with Gasteiger partial charge in [-0.2, -0.15) is 4.31 Å². The third kappa shape index (κ3) is 4.44. The number of carbonyl (C=O) groups is 1. The summed E-state index contributed by atoms with van der Waals surface area (Å²) in [5, 5.41) is 3.27. The number of hydrogen-bond donors (Lipinski definition) is 1. The highest BCUT2D eigenvalue weighted by Crippen LogP contribution is 2.24. The number of thioether (sulfide) groups is 1. The lowest BCUT2D eigenvalue weighted by molar-refractivity contribution is -0.115. The topological polar surface area (TPSA) is 79.4 Å². The number of amides is 1. The van der Waals surface area contributed by atoms with Crippen molar-refractivity contribution in [3.8, 4) is 0 Å². The number of hydrogen-bond acceptors (Lipinski definition) is 5. The molecule has 0 bridgehead atoms. The molecule has 2 heterocycles. The predicted octanol–water partition coefficient (Wildman–Crippen LogP) is 2.99. The largest absolute Gasteiger partial charge is 0.325 e. The molecule has 138 valence electrons. The summed E-state index contributed by atoms with van der Waals surface area (Å²) in [7, 11) is -3.43. The summed E-state index contributed by atoms with van der Waals surface area (Å²) in [6, 6.07) is 11.9. The highest BCUT2D eigenvalue weighted by atomic mass is 32.2. The van der Waals surface area contributed by atoms with Gasteiger partial charge in [0.2, 0.25) is 15.9 Å². The molecule has 0 radical (unpaired) electrons. The first kappa shape index (κ1) is 18.9. The van der Waals surface area contributed by atoms with Crippen molar-refractivity contribution in [1.29, 1.82) is 0 Å². The quantitative estimate of drug-likeness (QED) is 0.766. The van der Waals surface area contributed by atoms with Crippen LogP contribution in [0.1, 0.15) is 19.8 Å². The Labute approximate surface area is 158 Å². The Hall–Kier alpha value is -1.90. The number of nitrogens with one attached hydrogen (secondary N) is 1. The number of nitrogens with zero attached hydrogens (tertiary/aromatic N) is 2. The summed E-state index contributed by atoms with van der Waals surface area (Å²) in [4.78, 5) is 16.8. The van der Waals surface area contributed by atoms with Gasteiger partial charge in [-0.1, -0.05) is 17.8 Å². The molecule has 1 amide bonds. The van der Waals surface area contributed by atoms with E-state index in [1.165, 1.54) is 16.1 Å². The Bertz CT molecular complexity index is 849. The zero-order chi connectivity index (χ0) is 18.6. The molecule has 0 spiro atoms. The van der Waals surface area contributed by atoms with Gasteiger partial charge >= 0.3 is 0 Å². The van der Waals surface area contributed by atoms with Crippen LogP contribution in [0.3, 0.4) is 0 Å². The zero-order valence-corrected chi connectivity index (χ0v) is 16.1. The van der Waals surface area contributed by atoms with Crippen molar-refractivity contribution in [2.24, 2.45) is 0 Å². The second kappa shape index (κ2) is 8.20. The number of sulfonamides is 1. The number of rotatable bonds is 6. The maximum Gasteiger partial charge on any atom is 0.243 e. The van der Waals surface area contributed by atoms with Crippen LogP contribution < -0.4 is 5.32 Å². The lowest BCUT2D eigenvalue weighted by Crippen LogP contribution is -2.27. The summed E-state index contributed by atoms with van der Waals surface area (Å²) < 4.78 is 26.5. The number of pyridine rings is 1. The molecule has 1 aliphatic heterocycles. The normalized spacial score (nSPS) is 16.3. The van der Waals surface area contributed by atoms with Crippen LogP contribution in [0.25, 0.3) is 0 Å². The molecule has 0 saturated carbocycles. The highest BCUT2D eigenvalue weighted by molar-refractivity contribution is 8.00. The number of benzene rings is 1. The molecule has 1 fully saturated rings. The lowest BCUT2D eigenvalue weighted by Gasteiger charge is -2.16. The third-order valence-corrected chi connectivity index (χ3v) is 7.09. The van der Waals surface area contributed by atoms with Gasteiger partial charge in [-0.05, 0) is 56.2 Å².